The van der Waals surface area contributed by atoms with Crippen LogP contribution in [0, 0.1) is 13.8 Å². The van der Waals surface area contributed by atoms with Crippen molar-refractivity contribution in [2.75, 3.05) is 20.2 Å². The molecule has 2 N–H and O–H groups in total. The zero-order valence-electron chi connectivity index (χ0n) is 13.0. The lowest BCUT2D eigenvalue weighted by atomic mass is 10.1. The van der Waals surface area contributed by atoms with Crippen LogP contribution in [0.1, 0.15) is 30.9 Å². The molecule has 1 unspecified atom stereocenters. The quantitative estimate of drug-likeness (QED) is 0.717. The van der Waals surface area contributed by atoms with Gasteiger partial charge in [-0.3, -0.25) is 4.79 Å². The van der Waals surface area contributed by atoms with E-state index in [0.717, 1.165) is 29.8 Å². The number of hydrogen-bond donors (Lipinski definition) is 2. The summed E-state index contributed by atoms with van der Waals surface area (Å²) in [6.45, 7) is 7.38. The van der Waals surface area contributed by atoms with Gasteiger partial charge in [0.25, 0.3) is 0 Å². The highest BCUT2D eigenvalue weighted by Gasteiger charge is 2.09. The van der Waals surface area contributed by atoms with Gasteiger partial charge >= 0.3 is 0 Å². The first-order chi connectivity index (χ1) is 9.54. The van der Waals surface area contributed by atoms with Gasteiger partial charge < -0.3 is 15.4 Å². The summed E-state index contributed by atoms with van der Waals surface area (Å²) in [6, 6.07) is 6.09. The summed E-state index contributed by atoms with van der Waals surface area (Å²) in [5.41, 5.74) is 2.25. The summed E-state index contributed by atoms with van der Waals surface area (Å²) in [5, 5.41) is 5.99. The summed E-state index contributed by atoms with van der Waals surface area (Å²) >= 11 is 0. The molecule has 20 heavy (non-hydrogen) atoms. The number of hydrogen-bond acceptors (Lipinski definition) is 3. The van der Waals surface area contributed by atoms with Crippen LogP contribution < -0.4 is 15.4 Å². The highest BCUT2D eigenvalue weighted by atomic mass is 16.5. The Morgan fingerprint density at radius 2 is 1.95 bits per heavy atom. The van der Waals surface area contributed by atoms with Crippen molar-refractivity contribution in [2.45, 2.75) is 39.7 Å². The van der Waals surface area contributed by atoms with Gasteiger partial charge in [-0.05, 0) is 51.9 Å². The molecule has 1 amide bonds. The average molecular weight is 278 g/mol. The number of ether oxygens (including phenoxy) is 1. The second-order valence-electron chi connectivity index (χ2n) is 5.21. The molecule has 1 atom stereocenters. The van der Waals surface area contributed by atoms with Crippen LogP contribution in [0.4, 0.5) is 0 Å². The van der Waals surface area contributed by atoms with Crippen molar-refractivity contribution < 1.29 is 9.53 Å². The van der Waals surface area contributed by atoms with Crippen LogP contribution in [0.3, 0.4) is 0 Å². The molecule has 112 valence electrons. The number of carbonyl (C=O) groups is 1. The smallest absolute Gasteiger partial charge is 0.220 e. The molecule has 0 bridgehead atoms. The Bertz CT molecular complexity index is 412. The maximum atomic E-state index is 11.7. The molecule has 0 heterocycles. The highest BCUT2D eigenvalue weighted by molar-refractivity contribution is 5.76. The molecule has 4 heteroatoms. The third kappa shape index (κ3) is 5.61. The van der Waals surface area contributed by atoms with Crippen molar-refractivity contribution in [3.05, 3.63) is 29.3 Å². The number of benzene rings is 1. The molecule has 0 aliphatic carbocycles. The Kier molecular flexibility index (Phi) is 7.09. The first kappa shape index (κ1) is 16.5. The first-order valence-corrected chi connectivity index (χ1v) is 7.17. The van der Waals surface area contributed by atoms with E-state index < -0.39 is 0 Å². The number of aryl methyl sites for hydroxylation is 2. The molecule has 1 aromatic rings. The van der Waals surface area contributed by atoms with E-state index in [-0.39, 0.29) is 11.9 Å². The Balaban J connectivity index is 2.36. The molecule has 0 aliphatic rings. The maximum absolute atomic E-state index is 11.7. The summed E-state index contributed by atoms with van der Waals surface area (Å²) in [4.78, 5) is 11.7. The van der Waals surface area contributed by atoms with E-state index in [1.165, 1.54) is 0 Å². The lowest BCUT2D eigenvalue weighted by molar-refractivity contribution is -0.121. The fourth-order valence-corrected chi connectivity index (χ4v) is 2.05. The third-order valence-electron chi connectivity index (χ3n) is 3.12. The molecule has 0 saturated carbocycles. The molecule has 0 aromatic heterocycles. The largest absolute Gasteiger partial charge is 0.491 e. The molecule has 0 spiro atoms. The van der Waals surface area contributed by atoms with Gasteiger partial charge in [0.2, 0.25) is 5.91 Å². The minimum absolute atomic E-state index is 0.0103. The van der Waals surface area contributed by atoms with E-state index in [2.05, 4.69) is 10.6 Å². The summed E-state index contributed by atoms with van der Waals surface area (Å²) in [6.07, 6.45) is 1.40. The fourth-order valence-electron chi connectivity index (χ4n) is 2.05. The van der Waals surface area contributed by atoms with Gasteiger partial charge in [-0.25, -0.2) is 0 Å². The molecular formula is C16H26N2O2. The maximum Gasteiger partial charge on any atom is 0.220 e. The van der Waals surface area contributed by atoms with Crippen molar-refractivity contribution in [2.24, 2.45) is 0 Å². The van der Waals surface area contributed by atoms with Crippen LogP contribution in [0.2, 0.25) is 0 Å². The van der Waals surface area contributed by atoms with Gasteiger partial charge in [-0.2, -0.15) is 0 Å². The van der Waals surface area contributed by atoms with Crippen LogP contribution in [0.15, 0.2) is 18.2 Å². The monoisotopic (exact) mass is 278 g/mol. The number of amides is 1. The van der Waals surface area contributed by atoms with Gasteiger partial charge in [0.1, 0.15) is 12.4 Å². The predicted octanol–water partition coefficient (Wildman–Crippen LogP) is 2.19. The van der Waals surface area contributed by atoms with E-state index in [9.17, 15) is 4.79 Å². The van der Waals surface area contributed by atoms with E-state index in [0.29, 0.717) is 13.0 Å². The van der Waals surface area contributed by atoms with Gasteiger partial charge in [0, 0.05) is 6.42 Å². The van der Waals surface area contributed by atoms with Crippen LogP contribution in [-0.2, 0) is 4.79 Å². The van der Waals surface area contributed by atoms with E-state index in [1.807, 2.05) is 46.0 Å². The molecule has 0 aliphatic heterocycles. The zero-order chi connectivity index (χ0) is 15.0. The molecule has 1 aromatic carbocycles. The molecule has 1 rings (SSSR count). The van der Waals surface area contributed by atoms with Crippen LogP contribution in [-0.4, -0.2) is 32.1 Å². The van der Waals surface area contributed by atoms with E-state index in [1.54, 1.807) is 0 Å². The van der Waals surface area contributed by atoms with Crippen molar-refractivity contribution in [3.8, 4) is 5.75 Å². The molecular weight excluding hydrogens is 252 g/mol. The van der Waals surface area contributed by atoms with Gasteiger partial charge in [-0.1, -0.05) is 18.2 Å². The van der Waals surface area contributed by atoms with Gasteiger partial charge in [0.05, 0.1) is 6.04 Å². The van der Waals surface area contributed by atoms with Crippen molar-refractivity contribution in [1.82, 2.24) is 10.6 Å². The first-order valence-electron chi connectivity index (χ1n) is 7.17. The standard InChI is InChI=1S/C16H26N2O2/c1-12-7-5-8-13(2)16(12)20-11-14(3)18-15(19)9-6-10-17-4/h5,7-8,14,17H,6,9-11H2,1-4H3,(H,18,19). The number of carbonyl (C=O) groups excluding carboxylic acids is 1. The predicted molar refractivity (Wildman–Crippen MR) is 82.2 cm³/mol. The van der Waals surface area contributed by atoms with Gasteiger partial charge in [0.15, 0.2) is 0 Å². The third-order valence-corrected chi connectivity index (χ3v) is 3.12. The van der Waals surface area contributed by atoms with E-state index in [4.69, 9.17) is 4.74 Å². The Morgan fingerprint density at radius 1 is 1.30 bits per heavy atom. The molecule has 4 nitrogen and oxygen atoms in total. The SMILES string of the molecule is CNCCCC(=O)NC(C)COc1c(C)cccc1C. The van der Waals surface area contributed by atoms with Crippen LogP contribution >= 0.6 is 0 Å². The zero-order valence-corrected chi connectivity index (χ0v) is 13.0. The number of nitrogens with one attached hydrogen (secondary N) is 2. The van der Waals surface area contributed by atoms with Crippen LogP contribution in [0.25, 0.3) is 0 Å². The van der Waals surface area contributed by atoms with Crippen LogP contribution in [0.5, 0.6) is 5.75 Å². The van der Waals surface area contributed by atoms with Crippen molar-refractivity contribution >= 4 is 5.91 Å². The second-order valence-corrected chi connectivity index (χ2v) is 5.21. The fraction of sp³-hybridized carbons (Fsp3) is 0.562. The minimum Gasteiger partial charge on any atom is -0.491 e. The molecule has 0 fully saturated rings. The van der Waals surface area contributed by atoms with Crippen molar-refractivity contribution in [1.29, 1.82) is 0 Å². The lowest BCUT2D eigenvalue weighted by Crippen LogP contribution is -2.37. The topological polar surface area (TPSA) is 50.4 Å². The summed E-state index contributed by atoms with van der Waals surface area (Å²) in [5.74, 6) is 1.00. The Morgan fingerprint density at radius 3 is 2.55 bits per heavy atom. The second kappa shape index (κ2) is 8.59. The molecule has 0 saturated heterocycles. The lowest BCUT2D eigenvalue weighted by Gasteiger charge is -2.17. The number of para-hydroxylation sites is 1. The summed E-state index contributed by atoms with van der Waals surface area (Å²) < 4.78 is 5.83. The normalized spacial score (nSPS) is 12.0. The van der Waals surface area contributed by atoms with Gasteiger partial charge in [-0.15, -0.1) is 0 Å². The molecule has 0 radical (unpaired) electrons. The number of rotatable bonds is 8. The van der Waals surface area contributed by atoms with Crippen molar-refractivity contribution in [3.63, 3.8) is 0 Å². The Labute approximate surface area is 121 Å². The minimum atomic E-state index is 0.0103. The van der Waals surface area contributed by atoms with E-state index >= 15 is 0 Å². The average Bonchev–Trinajstić information content (AvgIpc) is 2.38. The summed E-state index contributed by atoms with van der Waals surface area (Å²) in [7, 11) is 1.89. The Hall–Kier alpha value is -1.55. The highest BCUT2D eigenvalue weighted by Crippen LogP contribution is 2.22.